The molecule has 0 spiro atoms. The zero-order valence-electron chi connectivity index (χ0n) is 25.8. The van der Waals surface area contributed by atoms with Gasteiger partial charge in [0.25, 0.3) is 5.91 Å². The van der Waals surface area contributed by atoms with Gasteiger partial charge in [0.15, 0.2) is 0 Å². The Balaban J connectivity index is 1.02. The largest absolute Gasteiger partial charge is 0.336 e. The monoisotopic (exact) mass is 637 g/mol. The Hall–Kier alpha value is -4.18. The molecule has 0 bridgehead atoms. The van der Waals surface area contributed by atoms with Gasteiger partial charge in [-0.1, -0.05) is 36.2 Å². The van der Waals surface area contributed by atoms with E-state index in [4.69, 9.17) is 21.6 Å². The SMILES string of the molecule is O=C(c1ccc(Nc2ncc3c(n2)-c2ccc(Cl)cc2C(c2ccccc2F)=NC3)cc1)N1CCN(CCN2CCCCC2)CC1. The Labute approximate surface area is 273 Å². The Kier molecular flexibility index (Phi) is 9.05. The molecule has 0 saturated carbocycles. The van der Waals surface area contributed by atoms with Crippen LogP contribution in [0, 0.1) is 5.82 Å². The molecule has 7 rings (SSSR count). The van der Waals surface area contributed by atoms with E-state index >= 15 is 0 Å². The smallest absolute Gasteiger partial charge is 0.253 e. The second kappa shape index (κ2) is 13.7. The number of aromatic nitrogens is 2. The molecular formula is C36H37ClFN7O. The van der Waals surface area contributed by atoms with E-state index in [9.17, 15) is 9.18 Å². The molecule has 1 amide bonds. The molecule has 0 radical (unpaired) electrons. The van der Waals surface area contributed by atoms with Crippen LogP contribution in [0.1, 0.15) is 46.3 Å². The Morgan fingerprint density at radius 2 is 1.57 bits per heavy atom. The predicted molar refractivity (Wildman–Crippen MR) is 181 cm³/mol. The maximum Gasteiger partial charge on any atom is 0.253 e. The number of amides is 1. The van der Waals surface area contributed by atoms with E-state index in [1.807, 2.05) is 35.2 Å². The summed E-state index contributed by atoms with van der Waals surface area (Å²) in [5.74, 6) is 0.122. The molecule has 1 aromatic heterocycles. The van der Waals surface area contributed by atoms with Crippen molar-refractivity contribution in [1.82, 2.24) is 24.7 Å². The number of fused-ring (bicyclic) bond motifs is 3. The summed E-state index contributed by atoms with van der Waals surface area (Å²) in [6, 6.07) is 19.6. The molecule has 0 unspecified atom stereocenters. The van der Waals surface area contributed by atoms with E-state index in [-0.39, 0.29) is 11.7 Å². The minimum absolute atomic E-state index is 0.0597. The molecule has 2 fully saturated rings. The third kappa shape index (κ3) is 6.67. The summed E-state index contributed by atoms with van der Waals surface area (Å²) in [5, 5.41) is 3.81. The summed E-state index contributed by atoms with van der Waals surface area (Å²) in [5.41, 5.74) is 5.43. The van der Waals surface area contributed by atoms with Gasteiger partial charge in [-0.15, -0.1) is 0 Å². The van der Waals surface area contributed by atoms with Crippen molar-refractivity contribution < 1.29 is 9.18 Å². The van der Waals surface area contributed by atoms with Crippen LogP contribution in [0.4, 0.5) is 16.0 Å². The van der Waals surface area contributed by atoms with Crippen LogP contribution in [-0.4, -0.2) is 88.6 Å². The summed E-state index contributed by atoms with van der Waals surface area (Å²) in [6.45, 7) is 8.26. The molecule has 2 saturated heterocycles. The lowest BCUT2D eigenvalue weighted by atomic mass is 9.95. The number of hydrogen-bond donors (Lipinski definition) is 1. The van der Waals surface area contributed by atoms with Crippen LogP contribution in [0.2, 0.25) is 5.02 Å². The fraction of sp³-hybridized carbons (Fsp3) is 0.333. The fourth-order valence-electron chi connectivity index (χ4n) is 6.52. The van der Waals surface area contributed by atoms with Gasteiger partial charge in [-0.25, -0.2) is 14.4 Å². The van der Waals surface area contributed by atoms with Crippen LogP contribution in [-0.2, 0) is 6.54 Å². The van der Waals surface area contributed by atoms with Gasteiger partial charge in [0.2, 0.25) is 5.95 Å². The fourth-order valence-corrected chi connectivity index (χ4v) is 6.69. The first-order valence-electron chi connectivity index (χ1n) is 16.1. The predicted octanol–water partition coefficient (Wildman–Crippen LogP) is 6.27. The molecule has 10 heteroatoms. The number of rotatable bonds is 7. The topological polar surface area (TPSA) is 77.0 Å². The summed E-state index contributed by atoms with van der Waals surface area (Å²) < 4.78 is 14.8. The lowest BCUT2D eigenvalue weighted by Crippen LogP contribution is -2.50. The third-order valence-electron chi connectivity index (χ3n) is 9.12. The average molecular weight is 638 g/mol. The van der Waals surface area contributed by atoms with E-state index in [0.717, 1.165) is 56.1 Å². The van der Waals surface area contributed by atoms with Gasteiger partial charge in [-0.2, -0.15) is 0 Å². The van der Waals surface area contributed by atoms with Crippen molar-refractivity contribution in [2.24, 2.45) is 4.99 Å². The number of carbonyl (C=O) groups is 1. The molecule has 46 heavy (non-hydrogen) atoms. The molecule has 0 aliphatic carbocycles. The molecule has 3 aliphatic rings. The molecule has 3 aliphatic heterocycles. The minimum atomic E-state index is -0.348. The average Bonchev–Trinajstić information content (AvgIpc) is 3.24. The van der Waals surface area contributed by atoms with Gasteiger partial charge in [0.1, 0.15) is 5.82 Å². The van der Waals surface area contributed by atoms with Crippen LogP contribution in [0.3, 0.4) is 0 Å². The number of aliphatic imine (C=N–C) groups is 1. The van der Waals surface area contributed by atoms with E-state index in [1.165, 1.54) is 38.4 Å². The van der Waals surface area contributed by atoms with E-state index in [2.05, 4.69) is 20.1 Å². The Bertz CT molecular complexity index is 1750. The van der Waals surface area contributed by atoms with Gasteiger partial charge in [0.05, 0.1) is 18.0 Å². The van der Waals surface area contributed by atoms with Gasteiger partial charge in [0, 0.05) is 84.0 Å². The zero-order valence-corrected chi connectivity index (χ0v) is 26.5. The van der Waals surface area contributed by atoms with Crippen molar-refractivity contribution >= 4 is 34.9 Å². The number of piperidine rings is 1. The molecule has 3 aromatic carbocycles. The number of piperazine rings is 1. The van der Waals surface area contributed by atoms with Gasteiger partial charge >= 0.3 is 0 Å². The number of carbonyl (C=O) groups excluding carboxylic acids is 1. The first-order chi connectivity index (χ1) is 22.5. The second-order valence-corrected chi connectivity index (χ2v) is 12.6. The first-order valence-corrected chi connectivity index (χ1v) is 16.5. The van der Waals surface area contributed by atoms with Crippen molar-refractivity contribution in [2.45, 2.75) is 25.8 Å². The van der Waals surface area contributed by atoms with E-state index in [0.29, 0.717) is 45.6 Å². The summed E-state index contributed by atoms with van der Waals surface area (Å²) in [4.78, 5) is 34.4. The third-order valence-corrected chi connectivity index (χ3v) is 9.36. The van der Waals surface area contributed by atoms with Gasteiger partial charge < -0.3 is 15.1 Å². The van der Waals surface area contributed by atoms with Crippen LogP contribution in [0.5, 0.6) is 0 Å². The molecule has 1 N–H and O–H groups in total. The standard InChI is InChI=1S/C36H37ClFN7O/c37-27-10-13-29-31(22-27)34(30-6-2-3-7-32(30)38)39-23-26-24-40-36(42-33(26)29)41-28-11-8-25(9-12-28)35(46)45-20-18-44(19-21-45)17-16-43-14-4-1-5-15-43/h2-3,6-13,22,24H,1,4-5,14-21,23H2,(H,40,41,42). The molecular weight excluding hydrogens is 601 g/mol. The van der Waals surface area contributed by atoms with Crippen LogP contribution in [0.15, 0.2) is 77.9 Å². The van der Waals surface area contributed by atoms with Crippen molar-refractivity contribution in [3.8, 4) is 11.3 Å². The highest BCUT2D eigenvalue weighted by molar-refractivity contribution is 6.31. The number of halogens is 2. The Morgan fingerprint density at radius 3 is 2.33 bits per heavy atom. The highest BCUT2D eigenvalue weighted by atomic mass is 35.5. The lowest BCUT2D eigenvalue weighted by molar-refractivity contribution is 0.0619. The lowest BCUT2D eigenvalue weighted by Gasteiger charge is -2.36. The molecule has 8 nitrogen and oxygen atoms in total. The molecule has 0 atom stereocenters. The molecule has 4 heterocycles. The van der Waals surface area contributed by atoms with Crippen molar-refractivity contribution in [1.29, 1.82) is 0 Å². The van der Waals surface area contributed by atoms with Crippen molar-refractivity contribution in [3.05, 3.63) is 106 Å². The van der Waals surface area contributed by atoms with Crippen molar-refractivity contribution in [3.63, 3.8) is 0 Å². The summed E-state index contributed by atoms with van der Waals surface area (Å²) in [7, 11) is 0. The summed E-state index contributed by atoms with van der Waals surface area (Å²) >= 11 is 6.39. The number of nitrogens with one attached hydrogen (secondary N) is 1. The summed E-state index contributed by atoms with van der Waals surface area (Å²) in [6.07, 6.45) is 5.74. The van der Waals surface area contributed by atoms with Crippen molar-refractivity contribution in [2.75, 3.05) is 57.7 Å². The Morgan fingerprint density at radius 1 is 0.826 bits per heavy atom. The van der Waals surface area contributed by atoms with Gasteiger partial charge in [-0.3, -0.25) is 14.7 Å². The molecule has 236 valence electrons. The highest BCUT2D eigenvalue weighted by Gasteiger charge is 2.24. The first kappa shape index (κ1) is 30.5. The quantitative estimate of drug-likeness (QED) is 0.257. The van der Waals surface area contributed by atoms with E-state index in [1.54, 1.807) is 36.5 Å². The van der Waals surface area contributed by atoms with Crippen LogP contribution < -0.4 is 5.32 Å². The van der Waals surface area contributed by atoms with E-state index < -0.39 is 0 Å². The maximum atomic E-state index is 14.8. The maximum absolute atomic E-state index is 14.8. The number of anilines is 2. The highest BCUT2D eigenvalue weighted by Crippen LogP contribution is 2.34. The normalized spacial score (nSPS) is 17.1. The number of benzene rings is 3. The van der Waals surface area contributed by atoms with Crippen LogP contribution in [0.25, 0.3) is 11.3 Å². The number of hydrogen-bond acceptors (Lipinski definition) is 7. The van der Waals surface area contributed by atoms with Crippen LogP contribution >= 0.6 is 11.6 Å². The van der Waals surface area contributed by atoms with Gasteiger partial charge in [-0.05, 0) is 74.5 Å². The number of likely N-dealkylation sites (tertiary alicyclic amines) is 1. The zero-order chi connectivity index (χ0) is 31.5. The number of nitrogens with zero attached hydrogens (tertiary/aromatic N) is 6. The minimum Gasteiger partial charge on any atom is -0.336 e. The second-order valence-electron chi connectivity index (χ2n) is 12.1. The molecule has 4 aromatic rings.